The second-order valence-electron chi connectivity index (χ2n) is 13.4. The maximum atomic E-state index is 12.5. The summed E-state index contributed by atoms with van der Waals surface area (Å²) in [6, 6.07) is 4.48. The van der Waals surface area contributed by atoms with E-state index in [9.17, 15) is 10.1 Å². The zero-order valence-electron chi connectivity index (χ0n) is 25.9. The number of nitrogens with two attached hydrogens (primary N) is 1. The van der Waals surface area contributed by atoms with Gasteiger partial charge in [-0.05, 0) is 51.4 Å². The Morgan fingerprint density at radius 3 is 2.50 bits per heavy atom. The van der Waals surface area contributed by atoms with Gasteiger partial charge < -0.3 is 34.9 Å². The minimum atomic E-state index is -1.21. The number of nitrogens with one attached hydrogen (secondary N) is 1. The average Bonchev–Trinajstić information content (AvgIpc) is 3.26. The van der Waals surface area contributed by atoms with Crippen molar-refractivity contribution in [2.24, 2.45) is 5.92 Å². The van der Waals surface area contributed by atoms with Crippen LogP contribution in [0.3, 0.4) is 0 Å². The van der Waals surface area contributed by atoms with E-state index in [0.717, 1.165) is 42.8 Å². The summed E-state index contributed by atoms with van der Waals surface area (Å²) < 4.78 is 13.9. The van der Waals surface area contributed by atoms with Crippen molar-refractivity contribution in [3.63, 3.8) is 0 Å². The first-order valence-corrected chi connectivity index (χ1v) is 18.3. The number of hydrogen-bond acceptors (Lipinski definition) is 10. The molecule has 0 spiro atoms. The van der Waals surface area contributed by atoms with Crippen molar-refractivity contribution in [1.29, 1.82) is 0 Å². The van der Waals surface area contributed by atoms with Gasteiger partial charge in [0.2, 0.25) is 5.95 Å². The highest BCUT2D eigenvalue weighted by Gasteiger charge is 2.60. The van der Waals surface area contributed by atoms with Crippen molar-refractivity contribution in [2.75, 3.05) is 63.9 Å². The van der Waals surface area contributed by atoms with Gasteiger partial charge in [0.1, 0.15) is 29.6 Å². The summed E-state index contributed by atoms with van der Waals surface area (Å²) in [6.45, 7) is 9.39. The van der Waals surface area contributed by atoms with Crippen LogP contribution in [0.4, 0.5) is 28.8 Å². The highest BCUT2D eigenvalue weighted by atomic mass is 28.3. The number of likely N-dealkylation sites (N-methyl/N-ethyl adjacent to an activating group) is 2. The van der Waals surface area contributed by atoms with Gasteiger partial charge in [0.25, 0.3) is 5.69 Å². The normalized spacial score (nSPS) is 19.5. The fourth-order valence-electron chi connectivity index (χ4n) is 6.12. The first-order valence-electron chi connectivity index (χ1n) is 14.5. The van der Waals surface area contributed by atoms with Crippen LogP contribution in [0, 0.1) is 16.0 Å². The quantitative estimate of drug-likeness (QED) is 0.113. The molecule has 0 amide bonds. The number of nitro benzene ring substituents is 1. The van der Waals surface area contributed by atoms with E-state index in [1.165, 1.54) is 6.07 Å². The number of nitrogens with zero attached hydrogens (tertiary/aromatic N) is 6. The van der Waals surface area contributed by atoms with Gasteiger partial charge in [-0.25, -0.2) is 0 Å². The third-order valence-electron chi connectivity index (χ3n) is 8.59. The van der Waals surface area contributed by atoms with Crippen molar-refractivity contribution in [1.82, 2.24) is 19.4 Å². The summed E-state index contributed by atoms with van der Waals surface area (Å²) >= 11 is 0. The minimum Gasteiger partial charge on any atom is -0.494 e. The maximum Gasteiger partial charge on any atom is 0.295 e. The molecule has 6 rings (SSSR count). The van der Waals surface area contributed by atoms with Crippen LogP contribution in [-0.4, -0.2) is 80.4 Å². The summed E-state index contributed by atoms with van der Waals surface area (Å²) in [6.07, 6.45) is 4.93. The molecule has 3 aliphatic rings. The van der Waals surface area contributed by atoms with Crippen molar-refractivity contribution in [2.45, 2.75) is 57.1 Å². The molecule has 2 heterocycles. The van der Waals surface area contributed by atoms with E-state index < -0.39 is 8.07 Å². The predicted octanol–water partition coefficient (Wildman–Crippen LogP) is 5.04. The first kappa shape index (κ1) is 30.0. The molecule has 0 saturated heterocycles. The van der Waals surface area contributed by atoms with Gasteiger partial charge in [0.05, 0.1) is 23.1 Å². The number of aromatic nitrogens is 3. The highest BCUT2D eigenvalue weighted by Crippen LogP contribution is 2.69. The van der Waals surface area contributed by atoms with E-state index >= 15 is 0 Å². The van der Waals surface area contributed by atoms with E-state index in [4.69, 9.17) is 20.2 Å². The molecule has 3 aromatic rings. The lowest BCUT2D eigenvalue weighted by Crippen LogP contribution is -2.56. The van der Waals surface area contributed by atoms with Crippen LogP contribution in [0.2, 0.25) is 25.7 Å². The molecule has 3 aliphatic carbocycles. The van der Waals surface area contributed by atoms with E-state index in [0.29, 0.717) is 54.4 Å². The second-order valence-corrected chi connectivity index (χ2v) is 19.0. The largest absolute Gasteiger partial charge is 0.494 e. The predicted molar refractivity (Wildman–Crippen MR) is 170 cm³/mol. The average molecular weight is 597 g/mol. The number of benzene rings is 1. The molecule has 0 aliphatic heterocycles. The Bertz CT molecular complexity index is 1470. The summed E-state index contributed by atoms with van der Waals surface area (Å²) in [4.78, 5) is 25.5. The maximum absolute atomic E-state index is 12.5. The molecule has 2 bridgehead atoms. The number of anilines is 4. The number of ether oxygens (including phenoxy) is 2. The van der Waals surface area contributed by atoms with Crippen molar-refractivity contribution < 1.29 is 14.4 Å². The topological polar surface area (TPSA) is 137 Å². The lowest BCUT2D eigenvalue weighted by molar-refractivity contribution is -0.384. The molecule has 0 radical (unpaired) electrons. The van der Waals surface area contributed by atoms with Gasteiger partial charge in [-0.1, -0.05) is 19.6 Å². The Labute approximate surface area is 248 Å². The monoisotopic (exact) mass is 596 g/mol. The van der Waals surface area contributed by atoms with Crippen LogP contribution in [0.1, 0.15) is 24.8 Å². The Morgan fingerprint density at radius 1 is 1.21 bits per heavy atom. The summed E-state index contributed by atoms with van der Waals surface area (Å²) in [5, 5.41) is 16.5. The lowest BCUT2D eigenvalue weighted by Gasteiger charge is -2.62. The highest BCUT2D eigenvalue weighted by molar-refractivity contribution is 6.76. The van der Waals surface area contributed by atoms with Gasteiger partial charge in [-0.15, -0.1) is 0 Å². The van der Waals surface area contributed by atoms with Crippen molar-refractivity contribution >= 4 is 47.9 Å². The van der Waals surface area contributed by atoms with E-state index in [1.807, 2.05) is 42.9 Å². The Hall–Kier alpha value is -3.42. The fraction of sp³-hybridized carbons (Fsp3) is 0.586. The van der Waals surface area contributed by atoms with Gasteiger partial charge in [0, 0.05) is 58.1 Å². The molecule has 13 heteroatoms. The molecule has 228 valence electrons. The third kappa shape index (κ3) is 5.77. The van der Waals surface area contributed by atoms with Crippen molar-refractivity contribution in [3.05, 3.63) is 34.0 Å². The Kier molecular flexibility index (Phi) is 8.11. The Balaban J connectivity index is 1.53. The van der Waals surface area contributed by atoms with Crippen LogP contribution in [-0.2, 0) is 16.9 Å². The van der Waals surface area contributed by atoms with Crippen LogP contribution in [0.25, 0.3) is 11.0 Å². The molecular weight excluding hydrogens is 552 g/mol. The van der Waals surface area contributed by atoms with Crippen LogP contribution >= 0.6 is 0 Å². The molecule has 3 N–H and O–H groups in total. The number of nitrogen functional groups attached to an aromatic ring is 1. The lowest BCUT2D eigenvalue weighted by atomic mass is 9.42. The van der Waals surface area contributed by atoms with Gasteiger partial charge in [-0.3, -0.25) is 10.1 Å². The molecular formula is C29H44N8O4Si. The van der Waals surface area contributed by atoms with Crippen LogP contribution in [0.5, 0.6) is 5.75 Å². The summed E-state index contributed by atoms with van der Waals surface area (Å²) in [5.41, 5.74) is 8.88. The number of fused-ring (bicyclic) bond motifs is 1. The van der Waals surface area contributed by atoms with E-state index in [2.05, 4.69) is 34.8 Å². The third-order valence-corrected chi connectivity index (χ3v) is 10.3. The van der Waals surface area contributed by atoms with Crippen LogP contribution in [0.15, 0.2) is 18.3 Å². The zero-order chi connectivity index (χ0) is 30.4. The minimum absolute atomic E-state index is 0.0347. The molecule has 42 heavy (non-hydrogen) atoms. The number of hydrogen-bond donors (Lipinski definition) is 2. The molecule has 2 aromatic heterocycles. The van der Waals surface area contributed by atoms with Gasteiger partial charge in [0.15, 0.2) is 0 Å². The molecule has 0 atom stereocenters. The van der Waals surface area contributed by atoms with Gasteiger partial charge in [-0.2, -0.15) is 9.97 Å². The summed E-state index contributed by atoms with van der Waals surface area (Å²) in [5.74, 6) is 1.83. The number of nitro groups is 1. The molecule has 3 fully saturated rings. The smallest absolute Gasteiger partial charge is 0.295 e. The van der Waals surface area contributed by atoms with Gasteiger partial charge >= 0.3 is 0 Å². The number of methoxy groups -OCH3 is 1. The standard InChI is InChI=1S/C29H44N8O4Si/c1-34(2)10-11-35(3)24-22(37(38)39)14-21(25(40-4)23(24)29-15-19(16-29)17-29)31-28-32-26(30)20-8-9-36(27(20)33-28)18-41-12-13-42(5,6)7/h8-9,14,19H,10-13,15-18H2,1-7H3,(H3,30,31,32,33). The summed E-state index contributed by atoms with van der Waals surface area (Å²) in [7, 11) is 6.33. The molecule has 3 saturated carbocycles. The second kappa shape index (κ2) is 11.3. The molecule has 1 aromatic carbocycles. The van der Waals surface area contributed by atoms with Crippen molar-refractivity contribution in [3.8, 4) is 5.75 Å². The fourth-order valence-corrected chi connectivity index (χ4v) is 6.88. The SMILES string of the molecule is COc1c(Nc2nc(N)c3ccn(COCC[Si](C)(C)C)c3n2)cc([N+](=O)[O-])c(N(C)CCN(C)C)c1C12CC(C1)C2. The van der Waals surface area contributed by atoms with Crippen LogP contribution < -0.4 is 20.7 Å². The van der Waals surface area contributed by atoms with E-state index in [-0.39, 0.29) is 22.0 Å². The molecule has 0 unspecified atom stereocenters. The molecule has 12 nitrogen and oxygen atoms in total. The number of rotatable bonds is 14. The first-order chi connectivity index (χ1) is 19.8. The Morgan fingerprint density at radius 2 is 1.93 bits per heavy atom. The van der Waals surface area contributed by atoms with E-state index in [1.54, 1.807) is 7.11 Å². The zero-order valence-corrected chi connectivity index (χ0v) is 26.9.